The molecule has 0 aliphatic carbocycles. The molecule has 14 heteroatoms. The largest absolute Gasteiger partial charge is 0.494 e. The summed E-state index contributed by atoms with van der Waals surface area (Å²) < 4.78 is 68.3. The summed E-state index contributed by atoms with van der Waals surface area (Å²) in [5.41, 5.74) is -1.61. The van der Waals surface area contributed by atoms with Crippen molar-refractivity contribution >= 4 is 38.7 Å². The van der Waals surface area contributed by atoms with E-state index in [1.165, 1.54) is 25.3 Å². The van der Waals surface area contributed by atoms with E-state index in [0.717, 1.165) is 12.3 Å². The second-order valence-electron chi connectivity index (χ2n) is 6.50. The van der Waals surface area contributed by atoms with Gasteiger partial charge in [-0.25, -0.2) is 8.42 Å². The van der Waals surface area contributed by atoms with E-state index < -0.39 is 38.3 Å². The van der Waals surface area contributed by atoms with Crippen molar-refractivity contribution in [3.8, 4) is 5.75 Å². The number of amides is 1. The van der Waals surface area contributed by atoms with Crippen LogP contribution in [0.3, 0.4) is 0 Å². The second-order valence-corrected chi connectivity index (χ2v) is 8.25. The number of halogens is 3. The Labute approximate surface area is 181 Å². The Balaban J connectivity index is 2.01. The van der Waals surface area contributed by atoms with E-state index >= 15 is 0 Å². The molecule has 10 nitrogen and oxygen atoms in total. The van der Waals surface area contributed by atoms with Gasteiger partial charge in [-0.05, 0) is 24.3 Å². The second kappa shape index (κ2) is 9.72. The van der Waals surface area contributed by atoms with Crippen molar-refractivity contribution in [3.63, 3.8) is 0 Å². The molecule has 2 aromatic carbocycles. The van der Waals surface area contributed by atoms with Crippen LogP contribution in [0.1, 0.15) is 12.0 Å². The Hall–Kier alpha value is -3.55. The van der Waals surface area contributed by atoms with E-state index in [9.17, 15) is 36.5 Å². The highest BCUT2D eigenvalue weighted by Crippen LogP contribution is 2.35. The Bertz CT molecular complexity index is 1120. The minimum absolute atomic E-state index is 0.0944. The number of sulfonamides is 1. The number of anilines is 3. The predicted octanol–water partition coefficient (Wildman–Crippen LogP) is 3.43. The molecule has 0 atom stereocenters. The molecular weight excluding hydrogens is 457 g/mol. The molecule has 3 N–H and O–H groups in total. The summed E-state index contributed by atoms with van der Waals surface area (Å²) >= 11 is 0. The summed E-state index contributed by atoms with van der Waals surface area (Å²) in [6.45, 7) is -0.0944. The summed E-state index contributed by atoms with van der Waals surface area (Å²) in [6.07, 6.45) is -3.92. The number of ether oxygens (including phenoxy) is 1. The monoisotopic (exact) mass is 476 g/mol. The van der Waals surface area contributed by atoms with Crippen LogP contribution < -0.4 is 20.1 Å². The van der Waals surface area contributed by atoms with Crippen molar-refractivity contribution < 1.29 is 36.0 Å². The third kappa shape index (κ3) is 7.01. The van der Waals surface area contributed by atoms with Crippen molar-refractivity contribution in [2.75, 3.05) is 35.3 Å². The van der Waals surface area contributed by atoms with Crippen molar-refractivity contribution in [1.82, 2.24) is 0 Å². The third-order valence-corrected chi connectivity index (χ3v) is 4.56. The van der Waals surface area contributed by atoms with Crippen LogP contribution >= 0.6 is 0 Å². The first-order chi connectivity index (χ1) is 14.8. The Kier molecular flexibility index (Phi) is 7.51. The minimum atomic E-state index is -4.73. The number of nitrogens with one attached hydrogen (secondary N) is 3. The number of alkyl halides is 3. The number of hydrogen-bond acceptors (Lipinski definition) is 7. The standard InChI is InChI=1S/C18H19F3N4O6S/c1-31-16-10-12(4-6-14(16)24-32(2,29)30)23-17(26)7-8-22-13-5-3-11(18(19,20)21)9-15(13)25(27)28/h3-6,9-10,22,24H,7-8H2,1-2H3,(H,23,26). The van der Waals surface area contributed by atoms with Gasteiger partial charge in [0, 0.05) is 30.8 Å². The summed E-state index contributed by atoms with van der Waals surface area (Å²) in [4.78, 5) is 22.3. The molecule has 0 spiro atoms. The molecule has 174 valence electrons. The number of nitro benzene ring substituents is 1. The van der Waals surface area contributed by atoms with Crippen LogP contribution in [0.2, 0.25) is 0 Å². The summed E-state index contributed by atoms with van der Waals surface area (Å²) in [7, 11) is -2.23. The van der Waals surface area contributed by atoms with Gasteiger partial charge in [-0.3, -0.25) is 19.6 Å². The zero-order valence-electron chi connectivity index (χ0n) is 16.8. The highest BCUT2D eigenvalue weighted by molar-refractivity contribution is 7.92. The fraction of sp³-hybridized carbons (Fsp3) is 0.278. The lowest BCUT2D eigenvalue weighted by molar-refractivity contribution is -0.384. The van der Waals surface area contributed by atoms with Gasteiger partial charge in [0.25, 0.3) is 5.69 Å². The molecule has 2 aromatic rings. The zero-order valence-corrected chi connectivity index (χ0v) is 17.6. The lowest BCUT2D eigenvalue weighted by Crippen LogP contribution is -2.17. The Morgan fingerprint density at radius 1 is 1.16 bits per heavy atom. The first-order valence-electron chi connectivity index (χ1n) is 8.85. The molecule has 32 heavy (non-hydrogen) atoms. The SMILES string of the molecule is COc1cc(NC(=O)CCNc2ccc(C(F)(F)F)cc2[N+](=O)[O-])ccc1NS(C)(=O)=O. The number of rotatable bonds is 9. The molecule has 0 aromatic heterocycles. The van der Waals surface area contributed by atoms with E-state index in [-0.39, 0.29) is 30.1 Å². The maximum Gasteiger partial charge on any atom is 0.416 e. The maximum absolute atomic E-state index is 12.7. The van der Waals surface area contributed by atoms with Gasteiger partial charge in [-0.2, -0.15) is 13.2 Å². The topological polar surface area (TPSA) is 140 Å². The Morgan fingerprint density at radius 2 is 1.81 bits per heavy atom. The molecule has 0 heterocycles. The van der Waals surface area contributed by atoms with Crippen molar-refractivity contribution in [3.05, 3.63) is 52.1 Å². The van der Waals surface area contributed by atoms with E-state index in [1.807, 2.05) is 0 Å². The molecule has 1 amide bonds. The van der Waals surface area contributed by atoms with Crippen LogP contribution in [0, 0.1) is 10.1 Å². The molecule has 0 bridgehead atoms. The average Bonchev–Trinajstić information content (AvgIpc) is 2.67. The molecule has 0 aliphatic heterocycles. The van der Waals surface area contributed by atoms with Crippen molar-refractivity contribution in [2.24, 2.45) is 0 Å². The van der Waals surface area contributed by atoms with Gasteiger partial charge in [0.15, 0.2) is 0 Å². The summed E-state index contributed by atoms with van der Waals surface area (Å²) in [6, 6.07) is 6.26. The normalized spacial score (nSPS) is 11.5. The number of carbonyl (C=O) groups is 1. The lowest BCUT2D eigenvalue weighted by Gasteiger charge is -2.13. The molecule has 0 saturated heterocycles. The number of methoxy groups -OCH3 is 1. The van der Waals surface area contributed by atoms with Gasteiger partial charge in [0.1, 0.15) is 11.4 Å². The molecular formula is C18H19F3N4O6S. The molecule has 2 rings (SSSR count). The zero-order chi connectivity index (χ0) is 24.1. The number of nitrogens with zero attached hydrogens (tertiary/aromatic N) is 1. The van der Waals surface area contributed by atoms with E-state index in [0.29, 0.717) is 17.8 Å². The first-order valence-corrected chi connectivity index (χ1v) is 10.7. The van der Waals surface area contributed by atoms with Gasteiger partial charge in [-0.15, -0.1) is 0 Å². The summed E-state index contributed by atoms with van der Waals surface area (Å²) in [5.74, 6) is -0.343. The van der Waals surface area contributed by atoms with E-state index in [4.69, 9.17) is 4.74 Å². The smallest absolute Gasteiger partial charge is 0.416 e. The van der Waals surface area contributed by atoms with Crippen LogP contribution in [0.4, 0.5) is 35.9 Å². The van der Waals surface area contributed by atoms with Gasteiger partial charge in [0.05, 0.1) is 29.5 Å². The summed E-state index contributed by atoms with van der Waals surface area (Å²) in [5, 5.41) is 16.2. The molecule has 0 fully saturated rings. The predicted molar refractivity (Wildman–Crippen MR) is 111 cm³/mol. The highest BCUT2D eigenvalue weighted by atomic mass is 32.2. The number of hydrogen-bond donors (Lipinski definition) is 3. The fourth-order valence-corrected chi connectivity index (χ4v) is 3.16. The number of benzene rings is 2. The maximum atomic E-state index is 12.7. The molecule has 0 aliphatic rings. The highest BCUT2D eigenvalue weighted by Gasteiger charge is 2.33. The quantitative estimate of drug-likeness (QED) is 0.372. The first kappa shape index (κ1) is 24.7. The van der Waals surface area contributed by atoms with Crippen LogP contribution in [-0.4, -0.2) is 39.2 Å². The van der Waals surface area contributed by atoms with E-state index in [2.05, 4.69) is 15.4 Å². The number of nitro groups is 1. The lowest BCUT2D eigenvalue weighted by atomic mass is 10.1. The molecule has 0 saturated carbocycles. The average molecular weight is 476 g/mol. The fourth-order valence-electron chi connectivity index (χ4n) is 2.60. The van der Waals surface area contributed by atoms with Gasteiger partial charge < -0.3 is 15.4 Å². The molecule has 0 unspecified atom stereocenters. The number of carbonyl (C=O) groups excluding carboxylic acids is 1. The van der Waals surface area contributed by atoms with E-state index in [1.54, 1.807) is 0 Å². The molecule has 0 radical (unpaired) electrons. The van der Waals surface area contributed by atoms with Crippen LogP contribution in [-0.2, 0) is 21.0 Å². The Morgan fingerprint density at radius 3 is 2.38 bits per heavy atom. The van der Waals surface area contributed by atoms with Gasteiger partial charge >= 0.3 is 6.18 Å². The van der Waals surface area contributed by atoms with Crippen LogP contribution in [0.15, 0.2) is 36.4 Å². The van der Waals surface area contributed by atoms with Gasteiger partial charge in [-0.1, -0.05) is 0 Å². The van der Waals surface area contributed by atoms with Crippen molar-refractivity contribution in [1.29, 1.82) is 0 Å². The minimum Gasteiger partial charge on any atom is -0.494 e. The van der Waals surface area contributed by atoms with Crippen LogP contribution in [0.5, 0.6) is 5.75 Å². The van der Waals surface area contributed by atoms with Crippen LogP contribution in [0.25, 0.3) is 0 Å². The van der Waals surface area contributed by atoms with Gasteiger partial charge in [0.2, 0.25) is 15.9 Å². The van der Waals surface area contributed by atoms with Crippen molar-refractivity contribution in [2.45, 2.75) is 12.6 Å². The third-order valence-electron chi connectivity index (χ3n) is 3.97.